The van der Waals surface area contributed by atoms with Gasteiger partial charge in [-0.1, -0.05) is 12.1 Å². The maximum Gasteiger partial charge on any atom is 0.573 e. The predicted octanol–water partition coefficient (Wildman–Crippen LogP) is 2.58. The average Bonchev–Trinajstić information content (AvgIpc) is 2.70. The molecule has 1 aromatic carbocycles. The molecule has 3 rings (SSSR count). The number of carbonyl (C=O) groups excluding carboxylic acids is 1. The van der Waals surface area contributed by atoms with Crippen molar-refractivity contribution >= 4 is 22.6 Å². The lowest BCUT2D eigenvalue weighted by Crippen LogP contribution is -2.39. The van der Waals surface area contributed by atoms with Gasteiger partial charge in [-0.3, -0.25) is 23.3 Å². The zero-order valence-electron chi connectivity index (χ0n) is 16.8. The lowest BCUT2D eigenvalue weighted by atomic mass is 10.2. The number of hydrogen-bond acceptors (Lipinski definition) is 8. The van der Waals surface area contributed by atoms with Crippen molar-refractivity contribution in [3.8, 4) is 11.5 Å². The molecule has 0 atom stereocenters. The van der Waals surface area contributed by atoms with Gasteiger partial charge >= 0.3 is 6.36 Å². The summed E-state index contributed by atoms with van der Waals surface area (Å²) in [6.45, 7) is -0.0705. The normalized spacial score (nSPS) is 17.0. The minimum Gasteiger partial charge on any atom is -0.501 e. The van der Waals surface area contributed by atoms with Crippen LogP contribution in [-0.4, -0.2) is 48.3 Å². The highest BCUT2D eigenvalue weighted by Crippen LogP contribution is 2.48. The molecule has 14 heteroatoms. The molecule has 1 aliphatic heterocycles. The summed E-state index contributed by atoms with van der Waals surface area (Å²) >= 11 is 0. The van der Waals surface area contributed by atoms with E-state index in [1.165, 1.54) is 19.2 Å². The van der Waals surface area contributed by atoms with E-state index in [1.807, 2.05) is 0 Å². The van der Waals surface area contributed by atoms with E-state index in [-0.39, 0.29) is 30.4 Å². The number of halogens is 3. The van der Waals surface area contributed by atoms with Gasteiger partial charge < -0.3 is 15.2 Å². The fraction of sp³-hybridized carbons (Fsp3) is 0.389. The van der Waals surface area contributed by atoms with E-state index < -0.39 is 45.8 Å². The SMILES string of the molecule is Cn1c(N2CCCCS2(O)O)nc(C(=O)NCc2cccc(OC(F)(F)F)c2)c(O)c1=O. The summed E-state index contributed by atoms with van der Waals surface area (Å²) in [4.78, 5) is 29.0. The van der Waals surface area contributed by atoms with Gasteiger partial charge in [0.05, 0.1) is 5.75 Å². The van der Waals surface area contributed by atoms with Gasteiger partial charge in [-0.15, -0.1) is 23.9 Å². The summed E-state index contributed by atoms with van der Waals surface area (Å²) < 4.78 is 63.6. The van der Waals surface area contributed by atoms with Crippen LogP contribution in [0.25, 0.3) is 0 Å². The summed E-state index contributed by atoms with van der Waals surface area (Å²) in [7, 11) is -1.99. The number of ether oxygens (including phenoxy) is 1. The molecule has 1 aliphatic rings. The Morgan fingerprint density at radius 2 is 2.03 bits per heavy atom. The Kier molecular flexibility index (Phi) is 6.57. The van der Waals surface area contributed by atoms with Crippen LogP contribution in [0.15, 0.2) is 29.1 Å². The number of aromatic nitrogens is 2. The summed E-state index contributed by atoms with van der Waals surface area (Å²) in [6, 6.07) is 4.90. The van der Waals surface area contributed by atoms with Crippen molar-refractivity contribution < 1.29 is 36.9 Å². The third kappa shape index (κ3) is 5.26. The molecule has 0 unspecified atom stereocenters. The van der Waals surface area contributed by atoms with Crippen molar-refractivity contribution in [3.63, 3.8) is 0 Å². The molecule has 1 fully saturated rings. The van der Waals surface area contributed by atoms with Crippen LogP contribution in [0.5, 0.6) is 11.5 Å². The van der Waals surface area contributed by atoms with E-state index >= 15 is 0 Å². The molecular weight excluding hydrogens is 457 g/mol. The van der Waals surface area contributed by atoms with E-state index in [0.717, 1.165) is 21.0 Å². The molecule has 0 spiro atoms. The van der Waals surface area contributed by atoms with Crippen molar-refractivity contribution in [1.82, 2.24) is 14.9 Å². The molecule has 4 N–H and O–H groups in total. The Morgan fingerprint density at radius 1 is 1.31 bits per heavy atom. The van der Waals surface area contributed by atoms with Crippen molar-refractivity contribution in [2.45, 2.75) is 25.7 Å². The Balaban J connectivity index is 1.84. The third-order valence-corrected chi connectivity index (χ3v) is 6.54. The van der Waals surface area contributed by atoms with Crippen molar-refractivity contribution in [3.05, 3.63) is 45.9 Å². The van der Waals surface area contributed by atoms with E-state index in [4.69, 9.17) is 0 Å². The molecule has 0 radical (unpaired) electrons. The van der Waals surface area contributed by atoms with E-state index in [9.17, 15) is 37.0 Å². The summed E-state index contributed by atoms with van der Waals surface area (Å²) in [5, 5.41) is 12.5. The number of amides is 1. The molecule has 2 aromatic rings. The molecule has 1 aromatic heterocycles. The summed E-state index contributed by atoms with van der Waals surface area (Å²) in [6.07, 6.45) is -3.71. The van der Waals surface area contributed by atoms with E-state index in [2.05, 4.69) is 15.0 Å². The zero-order chi connectivity index (χ0) is 23.7. The van der Waals surface area contributed by atoms with Gasteiger partial charge in [0.25, 0.3) is 11.5 Å². The fourth-order valence-corrected chi connectivity index (χ4v) is 4.78. The number of alkyl halides is 3. The number of rotatable bonds is 5. The van der Waals surface area contributed by atoms with Gasteiger partial charge in [0.1, 0.15) is 5.75 Å². The zero-order valence-corrected chi connectivity index (χ0v) is 17.6. The maximum atomic E-state index is 12.6. The van der Waals surface area contributed by atoms with Crippen LogP contribution in [0, 0.1) is 0 Å². The topological polar surface area (TPSA) is 137 Å². The highest BCUT2D eigenvalue weighted by Gasteiger charge is 2.32. The van der Waals surface area contributed by atoms with Crippen LogP contribution >= 0.6 is 10.8 Å². The monoisotopic (exact) mass is 478 g/mol. The van der Waals surface area contributed by atoms with Crippen LogP contribution in [0.3, 0.4) is 0 Å². The molecule has 176 valence electrons. The first-order chi connectivity index (χ1) is 14.9. The van der Waals surface area contributed by atoms with Gasteiger partial charge in [-0.2, -0.15) is 0 Å². The summed E-state index contributed by atoms with van der Waals surface area (Å²) in [5.74, 6) is -2.52. The van der Waals surface area contributed by atoms with Gasteiger partial charge in [0.2, 0.25) is 11.7 Å². The molecule has 32 heavy (non-hydrogen) atoms. The minimum absolute atomic E-state index is 0.0710. The second kappa shape index (κ2) is 8.88. The molecule has 1 amide bonds. The van der Waals surface area contributed by atoms with Crippen molar-refractivity contribution in [1.29, 1.82) is 0 Å². The highest BCUT2D eigenvalue weighted by molar-refractivity contribution is 8.25. The Bertz CT molecular complexity index is 1080. The molecule has 2 heterocycles. The average molecular weight is 478 g/mol. The Labute approximate surface area is 181 Å². The van der Waals surface area contributed by atoms with Gasteiger partial charge in [0.15, 0.2) is 5.69 Å². The third-order valence-electron chi connectivity index (χ3n) is 4.65. The van der Waals surface area contributed by atoms with Gasteiger partial charge in [-0.05, 0) is 30.5 Å². The number of nitrogens with zero attached hydrogens (tertiary/aromatic N) is 3. The van der Waals surface area contributed by atoms with Gasteiger partial charge in [0, 0.05) is 20.1 Å². The number of anilines is 1. The predicted molar refractivity (Wildman–Crippen MR) is 110 cm³/mol. The van der Waals surface area contributed by atoms with Crippen LogP contribution in [0.1, 0.15) is 28.9 Å². The van der Waals surface area contributed by atoms with Crippen LogP contribution < -0.4 is 19.9 Å². The highest BCUT2D eigenvalue weighted by atomic mass is 32.3. The molecule has 0 bridgehead atoms. The lowest BCUT2D eigenvalue weighted by Gasteiger charge is -2.46. The molecule has 0 saturated carbocycles. The smallest absolute Gasteiger partial charge is 0.501 e. The van der Waals surface area contributed by atoms with Crippen LogP contribution in [-0.2, 0) is 13.6 Å². The molecule has 1 saturated heterocycles. The van der Waals surface area contributed by atoms with Gasteiger partial charge in [-0.25, -0.2) is 9.29 Å². The first-order valence-electron chi connectivity index (χ1n) is 9.35. The maximum absolute atomic E-state index is 12.6. The van der Waals surface area contributed by atoms with E-state index in [1.54, 1.807) is 0 Å². The Morgan fingerprint density at radius 3 is 2.69 bits per heavy atom. The van der Waals surface area contributed by atoms with Crippen LogP contribution in [0.4, 0.5) is 19.1 Å². The number of aromatic hydroxyl groups is 1. The number of benzene rings is 1. The minimum atomic E-state index is -4.87. The standard InChI is InChI=1S/C18H21F3N4O6S/c1-24-16(28)14(26)13(23-17(24)25-7-2-3-8-32(25,29)30)15(27)22-10-11-5-4-6-12(9-11)31-18(19,20)21/h4-6,9,26,29-30H,2-3,7-8,10H2,1H3,(H,22,27). The van der Waals surface area contributed by atoms with Crippen LogP contribution in [0.2, 0.25) is 0 Å². The summed E-state index contributed by atoms with van der Waals surface area (Å²) in [5.41, 5.74) is -1.36. The number of hydrogen-bond donors (Lipinski definition) is 4. The second-order valence-corrected chi connectivity index (χ2v) is 9.11. The molecule has 10 nitrogen and oxygen atoms in total. The number of carbonyl (C=O) groups is 1. The molecular formula is C18H21F3N4O6S. The first kappa shape index (κ1) is 23.7. The number of nitrogens with one attached hydrogen (secondary N) is 1. The first-order valence-corrected chi connectivity index (χ1v) is 11.0. The van der Waals surface area contributed by atoms with Crippen molar-refractivity contribution in [2.75, 3.05) is 16.6 Å². The quantitative estimate of drug-likeness (QED) is 0.515. The lowest BCUT2D eigenvalue weighted by molar-refractivity contribution is -0.274. The van der Waals surface area contributed by atoms with E-state index in [0.29, 0.717) is 12.8 Å². The van der Waals surface area contributed by atoms with Crippen molar-refractivity contribution in [2.24, 2.45) is 7.05 Å². The second-order valence-electron chi connectivity index (χ2n) is 7.00. The fourth-order valence-electron chi connectivity index (χ4n) is 3.12. The largest absolute Gasteiger partial charge is 0.573 e. The molecule has 0 aliphatic carbocycles. The Hall–Kier alpha value is -2.97.